The molecule has 0 bridgehead atoms. The summed E-state index contributed by atoms with van der Waals surface area (Å²) in [5.74, 6) is 1.64. The van der Waals surface area contributed by atoms with E-state index in [1.165, 1.54) is 5.56 Å². The van der Waals surface area contributed by atoms with Gasteiger partial charge in [-0.15, -0.1) is 0 Å². The van der Waals surface area contributed by atoms with Gasteiger partial charge in [0.1, 0.15) is 18.7 Å². The fourth-order valence-electron chi connectivity index (χ4n) is 1.90. The number of benzene rings is 1. The minimum absolute atomic E-state index is 0.413. The number of aromatic nitrogens is 3. The van der Waals surface area contributed by atoms with Crippen LogP contribution in [0, 0.1) is 0 Å². The number of rotatable bonds is 7. The van der Waals surface area contributed by atoms with Crippen molar-refractivity contribution in [1.29, 1.82) is 0 Å². The van der Waals surface area contributed by atoms with E-state index in [2.05, 4.69) is 57.3 Å². The van der Waals surface area contributed by atoms with Crippen molar-refractivity contribution in [3.05, 3.63) is 40.4 Å². The maximum atomic E-state index is 5.81. The lowest BCUT2D eigenvalue weighted by Crippen LogP contribution is -2.21. The predicted molar refractivity (Wildman–Crippen MR) is 86.1 cm³/mol. The van der Waals surface area contributed by atoms with Crippen LogP contribution in [0.2, 0.25) is 0 Å². The van der Waals surface area contributed by atoms with Gasteiger partial charge in [0.25, 0.3) is 0 Å². The van der Waals surface area contributed by atoms with Crippen LogP contribution in [0.15, 0.2) is 29.0 Å². The van der Waals surface area contributed by atoms with Gasteiger partial charge in [-0.25, -0.2) is 9.67 Å². The van der Waals surface area contributed by atoms with Gasteiger partial charge < -0.3 is 10.1 Å². The van der Waals surface area contributed by atoms with Gasteiger partial charge in [-0.05, 0) is 40.5 Å². The monoisotopic (exact) mass is 352 g/mol. The third-order valence-corrected chi connectivity index (χ3v) is 3.68. The average molecular weight is 353 g/mol. The third kappa shape index (κ3) is 4.54. The van der Waals surface area contributed by atoms with Crippen LogP contribution in [0.5, 0.6) is 5.75 Å². The van der Waals surface area contributed by atoms with Gasteiger partial charge in [0, 0.05) is 19.1 Å². The Bertz CT molecular complexity index is 583. The van der Waals surface area contributed by atoms with Gasteiger partial charge in [0.2, 0.25) is 0 Å². The minimum Gasteiger partial charge on any atom is -0.484 e. The van der Waals surface area contributed by atoms with Crippen molar-refractivity contribution >= 4 is 15.9 Å². The van der Waals surface area contributed by atoms with Crippen LogP contribution in [0.1, 0.15) is 32.2 Å². The van der Waals surface area contributed by atoms with E-state index < -0.39 is 0 Å². The zero-order chi connectivity index (χ0) is 15.2. The zero-order valence-corrected chi connectivity index (χ0v) is 14.2. The molecular formula is C15H21BrN4O. The highest BCUT2D eigenvalue weighted by molar-refractivity contribution is 9.10. The lowest BCUT2D eigenvalue weighted by Gasteiger charge is -2.11. The first-order valence-corrected chi connectivity index (χ1v) is 7.90. The summed E-state index contributed by atoms with van der Waals surface area (Å²) in [6, 6.07) is 6.60. The predicted octanol–water partition coefficient (Wildman–Crippen LogP) is 3.14. The Hall–Kier alpha value is -1.40. The summed E-state index contributed by atoms with van der Waals surface area (Å²) in [5.41, 5.74) is 1.22. The highest BCUT2D eigenvalue weighted by atomic mass is 79.9. The largest absolute Gasteiger partial charge is 0.484 e. The Morgan fingerprint density at radius 3 is 2.86 bits per heavy atom. The fraction of sp³-hybridized carbons (Fsp3) is 0.467. The van der Waals surface area contributed by atoms with Crippen molar-refractivity contribution in [3.63, 3.8) is 0 Å². The summed E-state index contributed by atoms with van der Waals surface area (Å²) in [6.45, 7) is 8.35. The van der Waals surface area contributed by atoms with Crippen molar-refractivity contribution in [2.45, 2.75) is 46.5 Å². The minimum atomic E-state index is 0.413. The van der Waals surface area contributed by atoms with E-state index in [1.54, 1.807) is 6.33 Å². The molecule has 0 unspecified atom stereocenters. The van der Waals surface area contributed by atoms with Crippen LogP contribution < -0.4 is 10.1 Å². The van der Waals surface area contributed by atoms with E-state index >= 15 is 0 Å². The number of halogens is 1. The summed E-state index contributed by atoms with van der Waals surface area (Å²) in [5, 5.41) is 7.52. The lowest BCUT2D eigenvalue weighted by atomic mass is 10.2. The van der Waals surface area contributed by atoms with Crippen molar-refractivity contribution in [2.24, 2.45) is 0 Å². The molecule has 0 saturated carbocycles. The van der Waals surface area contributed by atoms with E-state index in [9.17, 15) is 0 Å². The summed E-state index contributed by atoms with van der Waals surface area (Å²) in [6.07, 6.45) is 1.55. The summed E-state index contributed by atoms with van der Waals surface area (Å²) in [4.78, 5) is 4.20. The molecule has 1 aromatic heterocycles. The number of nitrogens with one attached hydrogen (secondary N) is 1. The quantitative estimate of drug-likeness (QED) is 0.831. The first-order valence-electron chi connectivity index (χ1n) is 7.11. The second kappa shape index (κ2) is 7.56. The van der Waals surface area contributed by atoms with Crippen molar-refractivity contribution in [2.75, 3.05) is 0 Å². The Labute approximate surface area is 133 Å². The SMILES string of the molecule is CCn1ncnc1COc1ccc(CNC(C)C)cc1Br. The van der Waals surface area contributed by atoms with Gasteiger partial charge in [0.05, 0.1) is 4.47 Å². The van der Waals surface area contributed by atoms with Crippen LogP contribution in [0.3, 0.4) is 0 Å². The molecule has 2 aromatic rings. The molecular weight excluding hydrogens is 332 g/mol. The average Bonchev–Trinajstić information content (AvgIpc) is 2.91. The standard InChI is InChI=1S/C15H21BrN4O/c1-4-20-15(18-10-19-20)9-21-14-6-5-12(7-13(14)16)8-17-11(2)3/h5-7,10-11,17H,4,8-9H2,1-3H3. The molecule has 0 aliphatic heterocycles. The molecule has 1 heterocycles. The fourth-order valence-corrected chi connectivity index (χ4v) is 2.44. The molecule has 6 heteroatoms. The zero-order valence-electron chi connectivity index (χ0n) is 12.6. The molecule has 5 nitrogen and oxygen atoms in total. The molecule has 0 atom stereocenters. The second-order valence-corrected chi connectivity index (χ2v) is 5.94. The molecule has 0 amide bonds. The number of ether oxygens (including phenoxy) is 1. The van der Waals surface area contributed by atoms with Crippen LogP contribution in [-0.2, 0) is 19.7 Å². The lowest BCUT2D eigenvalue weighted by molar-refractivity contribution is 0.285. The summed E-state index contributed by atoms with van der Waals surface area (Å²) < 4.78 is 8.59. The van der Waals surface area contributed by atoms with Gasteiger partial charge in [-0.3, -0.25) is 0 Å². The molecule has 21 heavy (non-hydrogen) atoms. The third-order valence-electron chi connectivity index (χ3n) is 3.06. The van der Waals surface area contributed by atoms with Gasteiger partial charge in [0.15, 0.2) is 5.82 Å². The maximum Gasteiger partial charge on any atom is 0.164 e. The van der Waals surface area contributed by atoms with Gasteiger partial charge in [-0.1, -0.05) is 19.9 Å². The van der Waals surface area contributed by atoms with E-state index in [4.69, 9.17) is 4.74 Å². The first kappa shape index (κ1) is 16.0. The maximum absolute atomic E-state index is 5.81. The van der Waals surface area contributed by atoms with Crippen LogP contribution in [-0.4, -0.2) is 20.8 Å². The van der Waals surface area contributed by atoms with Crippen molar-refractivity contribution in [1.82, 2.24) is 20.1 Å². The van der Waals surface area contributed by atoms with Crippen LogP contribution in [0.25, 0.3) is 0 Å². The Morgan fingerprint density at radius 1 is 1.38 bits per heavy atom. The number of nitrogens with zero attached hydrogens (tertiary/aromatic N) is 3. The topological polar surface area (TPSA) is 52.0 Å². The molecule has 0 saturated heterocycles. The van der Waals surface area contributed by atoms with Crippen LogP contribution in [0.4, 0.5) is 0 Å². The van der Waals surface area contributed by atoms with E-state index in [0.29, 0.717) is 12.6 Å². The van der Waals surface area contributed by atoms with E-state index in [0.717, 1.165) is 29.1 Å². The molecule has 0 radical (unpaired) electrons. The smallest absolute Gasteiger partial charge is 0.164 e. The highest BCUT2D eigenvalue weighted by Gasteiger charge is 2.07. The number of hydrogen-bond donors (Lipinski definition) is 1. The summed E-state index contributed by atoms with van der Waals surface area (Å²) in [7, 11) is 0. The summed E-state index contributed by atoms with van der Waals surface area (Å²) >= 11 is 3.56. The Morgan fingerprint density at radius 2 is 2.19 bits per heavy atom. The highest BCUT2D eigenvalue weighted by Crippen LogP contribution is 2.26. The molecule has 1 aromatic carbocycles. The molecule has 1 N–H and O–H groups in total. The second-order valence-electron chi connectivity index (χ2n) is 5.08. The normalized spacial score (nSPS) is 11.1. The first-order chi connectivity index (χ1) is 10.1. The molecule has 0 aliphatic rings. The number of hydrogen-bond acceptors (Lipinski definition) is 4. The van der Waals surface area contributed by atoms with Gasteiger partial charge >= 0.3 is 0 Å². The van der Waals surface area contributed by atoms with Crippen LogP contribution >= 0.6 is 15.9 Å². The van der Waals surface area contributed by atoms with Crippen molar-refractivity contribution < 1.29 is 4.74 Å². The molecule has 114 valence electrons. The molecule has 0 fully saturated rings. The van der Waals surface area contributed by atoms with E-state index in [1.807, 2.05) is 17.7 Å². The molecule has 2 rings (SSSR count). The number of aryl methyl sites for hydroxylation is 1. The van der Waals surface area contributed by atoms with E-state index in [-0.39, 0.29) is 0 Å². The molecule has 0 spiro atoms. The Balaban J connectivity index is 1.97. The van der Waals surface area contributed by atoms with Gasteiger partial charge in [-0.2, -0.15) is 5.10 Å². The molecule has 0 aliphatic carbocycles. The van der Waals surface area contributed by atoms with Crippen molar-refractivity contribution in [3.8, 4) is 5.75 Å². The Kier molecular flexibility index (Phi) is 5.76.